The number of ether oxygens (including phenoxy) is 1. The molecule has 2 aromatic rings. The first-order valence-electron chi connectivity index (χ1n) is 8.41. The monoisotopic (exact) mass is 418 g/mol. The van der Waals surface area contributed by atoms with Gasteiger partial charge in [-0.1, -0.05) is 18.2 Å². The number of guanidine groups is 1. The number of hydrogen-bond acceptors (Lipinski definition) is 5. The van der Waals surface area contributed by atoms with Crippen LogP contribution in [0.3, 0.4) is 0 Å². The molecule has 0 aliphatic heterocycles. The van der Waals surface area contributed by atoms with E-state index < -0.39 is 18.5 Å². The molecular formula is C17H19F5N6O. The standard InChI is InChI=1S/C17H19F5N6O/c1-23-15(27-10-11-4-2-3-5-12(11)29-14(18)19)25-8-9-26-16-24-7-6-13(28-16)17(20,21)22/h2-7,14H,8-10H2,1H3,(H2,23,25,27)(H,24,26,28). The predicted molar refractivity (Wildman–Crippen MR) is 96.8 cm³/mol. The molecule has 7 nitrogen and oxygen atoms in total. The summed E-state index contributed by atoms with van der Waals surface area (Å²) in [6.07, 6.45) is -3.53. The first-order chi connectivity index (χ1) is 13.8. The molecule has 1 aromatic carbocycles. The first-order valence-corrected chi connectivity index (χ1v) is 8.41. The van der Waals surface area contributed by atoms with Crippen molar-refractivity contribution in [1.82, 2.24) is 20.6 Å². The Morgan fingerprint density at radius 2 is 1.90 bits per heavy atom. The third-order valence-electron chi connectivity index (χ3n) is 3.51. The molecule has 0 aliphatic rings. The van der Waals surface area contributed by atoms with Gasteiger partial charge in [0.25, 0.3) is 0 Å². The van der Waals surface area contributed by atoms with E-state index in [1.54, 1.807) is 18.2 Å². The molecule has 0 radical (unpaired) electrons. The quantitative estimate of drug-likeness (QED) is 0.265. The van der Waals surface area contributed by atoms with Gasteiger partial charge in [-0.05, 0) is 12.1 Å². The van der Waals surface area contributed by atoms with Crippen LogP contribution in [0.2, 0.25) is 0 Å². The van der Waals surface area contributed by atoms with Crippen LogP contribution >= 0.6 is 0 Å². The molecule has 0 saturated carbocycles. The number of aromatic nitrogens is 2. The second-order valence-electron chi connectivity index (χ2n) is 5.53. The molecule has 12 heteroatoms. The summed E-state index contributed by atoms with van der Waals surface area (Å²) in [5.41, 5.74) is -0.531. The van der Waals surface area contributed by atoms with Crippen LogP contribution in [0, 0.1) is 0 Å². The topological polar surface area (TPSA) is 83.5 Å². The summed E-state index contributed by atoms with van der Waals surface area (Å²) in [4.78, 5) is 11.1. The Morgan fingerprint density at radius 3 is 2.59 bits per heavy atom. The first kappa shape index (κ1) is 22.1. The number of alkyl halides is 5. The lowest BCUT2D eigenvalue weighted by Crippen LogP contribution is -2.39. The highest BCUT2D eigenvalue weighted by atomic mass is 19.4. The number of hydrogen-bond donors (Lipinski definition) is 3. The lowest BCUT2D eigenvalue weighted by Gasteiger charge is -2.15. The van der Waals surface area contributed by atoms with Gasteiger partial charge in [-0.2, -0.15) is 22.0 Å². The molecule has 0 atom stereocenters. The van der Waals surface area contributed by atoms with E-state index in [0.29, 0.717) is 11.5 Å². The number of para-hydroxylation sites is 1. The Balaban J connectivity index is 1.80. The van der Waals surface area contributed by atoms with E-state index in [0.717, 1.165) is 12.3 Å². The van der Waals surface area contributed by atoms with Crippen LogP contribution in [0.15, 0.2) is 41.5 Å². The van der Waals surface area contributed by atoms with Gasteiger partial charge in [0.2, 0.25) is 5.95 Å². The predicted octanol–water partition coefficient (Wildman–Crippen LogP) is 2.87. The number of anilines is 1. The van der Waals surface area contributed by atoms with Crippen LogP contribution in [-0.2, 0) is 12.7 Å². The number of benzene rings is 1. The Morgan fingerprint density at radius 1 is 1.14 bits per heavy atom. The number of halogens is 5. The minimum Gasteiger partial charge on any atom is -0.434 e. The summed E-state index contributed by atoms with van der Waals surface area (Å²) >= 11 is 0. The molecule has 0 bridgehead atoms. The maximum absolute atomic E-state index is 12.6. The average Bonchev–Trinajstić information content (AvgIpc) is 2.67. The smallest absolute Gasteiger partial charge is 0.433 e. The van der Waals surface area contributed by atoms with Crippen molar-refractivity contribution < 1.29 is 26.7 Å². The van der Waals surface area contributed by atoms with Crippen molar-refractivity contribution in [2.24, 2.45) is 4.99 Å². The fourth-order valence-electron chi connectivity index (χ4n) is 2.22. The van der Waals surface area contributed by atoms with Crippen LogP contribution in [0.1, 0.15) is 11.3 Å². The minimum atomic E-state index is -4.55. The highest BCUT2D eigenvalue weighted by Crippen LogP contribution is 2.27. The van der Waals surface area contributed by atoms with Gasteiger partial charge in [0.1, 0.15) is 11.4 Å². The summed E-state index contributed by atoms with van der Waals surface area (Å²) in [5, 5.41) is 8.53. The second-order valence-corrected chi connectivity index (χ2v) is 5.53. The molecule has 0 amide bonds. The Kier molecular flexibility index (Phi) is 7.92. The lowest BCUT2D eigenvalue weighted by molar-refractivity contribution is -0.141. The normalized spacial score (nSPS) is 12.0. The van der Waals surface area contributed by atoms with Crippen molar-refractivity contribution in [2.75, 3.05) is 25.5 Å². The van der Waals surface area contributed by atoms with Crippen LogP contribution in [-0.4, -0.2) is 42.7 Å². The third kappa shape index (κ3) is 7.39. The number of nitrogens with zero attached hydrogens (tertiary/aromatic N) is 3. The van der Waals surface area contributed by atoms with E-state index in [2.05, 4.69) is 35.6 Å². The molecule has 1 heterocycles. The Labute approximate surface area is 163 Å². The molecule has 0 spiro atoms. The van der Waals surface area contributed by atoms with Gasteiger partial charge in [-0.25, -0.2) is 9.97 Å². The molecule has 0 aliphatic carbocycles. The maximum atomic E-state index is 12.6. The van der Waals surface area contributed by atoms with Crippen LogP contribution < -0.4 is 20.7 Å². The SMILES string of the molecule is CN=C(NCCNc1nccc(C(F)(F)F)n1)NCc1ccccc1OC(F)F. The van der Waals surface area contributed by atoms with Crippen LogP contribution in [0.5, 0.6) is 5.75 Å². The van der Waals surface area contributed by atoms with E-state index in [9.17, 15) is 22.0 Å². The van der Waals surface area contributed by atoms with Crippen molar-refractivity contribution in [3.8, 4) is 5.75 Å². The van der Waals surface area contributed by atoms with Crippen LogP contribution in [0.4, 0.5) is 27.9 Å². The third-order valence-corrected chi connectivity index (χ3v) is 3.51. The zero-order chi connectivity index (χ0) is 21.3. The molecule has 158 valence electrons. The van der Waals surface area contributed by atoms with Crippen molar-refractivity contribution in [1.29, 1.82) is 0 Å². The van der Waals surface area contributed by atoms with Gasteiger partial charge in [0.05, 0.1) is 0 Å². The lowest BCUT2D eigenvalue weighted by atomic mass is 10.2. The second kappa shape index (κ2) is 10.4. The number of rotatable bonds is 8. The van der Waals surface area contributed by atoms with Crippen molar-refractivity contribution in [3.05, 3.63) is 47.8 Å². The van der Waals surface area contributed by atoms with Gasteiger partial charge in [0, 0.05) is 38.4 Å². The van der Waals surface area contributed by atoms with Crippen LogP contribution in [0.25, 0.3) is 0 Å². The molecule has 2 rings (SSSR count). The van der Waals surface area contributed by atoms with Gasteiger partial charge in [-0.3, -0.25) is 4.99 Å². The van der Waals surface area contributed by atoms with Crippen molar-refractivity contribution >= 4 is 11.9 Å². The average molecular weight is 418 g/mol. The van der Waals surface area contributed by atoms with E-state index in [-0.39, 0.29) is 31.3 Å². The molecule has 0 unspecified atom stereocenters. The molecular weight excluding hydrogens is 399 g/mol. The van der Waals surface area contributed by atoms with E-state index in [1.807, 2.05) is 0 Å². The van der Waals surface area contributed by atoms with E-state index >= 15 is 0 Å². The molecule has 3 N–H and O–H groups in total. The van der Waals surface area contributed by atoms with Gasteiger partial charge >= 0.3 is 12.8 Å². The summed E-state index contributed by atoms with van der Waals surface area (Å²) in [7, 11) is 1.51. The van der Waals surface area contributed by atoms with E-state index in [4.69, 9.17) is 0 Å². The molecule has 1 aromatic heterocycles. The van der Waals surface area contributed by atoms with Gasteiger partial charge in [0.15, 0.2) is 5.96 Å². The summed E-state index contributed by atoms with van der Waals surface area (Å²) in [5.74, 6) is 0.264. The fraction of sp³-hybridized carbons (Fsp3) is 0.353. The zero-order valence-electron chi connectivity index (χ0n) is 15.3. The molecule has 0 fully saturated rings. The van der Waals surface area contributed by atoms with Gasteiger partial charge in [-0.15, -0.1) is 0 Å². The highest BCUT2D eigenvalue weighted by molar-refractivity contribution is 5.79. The summed E-state index contributed by atoms with van der Waals surface area (Å²) in [6.45, 7) is -2.26. The van der Waals surface area contributed by atoms with Crippen molar-refractivity contribution in [3.63, 3.8) is 0 Å². The fourth-order valence-corrected chi connectivity index (χ4v) is 2.22. The minimum absolute atomic E-state index is 0.0498. The summed E-state index contributed by atoms with van der Waals surface area (Å²) in [6, 6.07) is 7.11. The largest absolute Gasteiger partial charge is 0.434 e. The van der Waals surface area contributed by atoms with Gasteiger partial charge < -0.3 is 20.7 Å². The van der Waals surface area contributed by atoms with E-state index in [1.165, 1.54) is 13.1 Å². The highest BCUT2D eigenvalue weighted by Gasteiger charge is 2.32. The maximum Gasteiger partial charge on any atom is 0.433 e. The molecule has 29 heavy (non-hydrogen) atoms. The Bertz CT molecular complexity index is 815. The Hall–Kier alpha value is -3.18. The number of nitrogens with one attached hydrogen (secondary N) is 3. The molecule has 0 saturated heterocycles. The zero-order valence-corrected chi connectivity index (χ0v) is 15.3. The van der Waals surface area contributed by atoms with Crippen molar-refractivity contribution in [2.45, 2.75) is 19.3 Å². The summed E-state index contributed by atoms with van der Waals surface area (Å²) < 4.78 is 67.2. The number of aliphatic imine (C=N–C) groups is 1.